The van der Waals surface area contributed by atoms with E-state index < -0.39 is 0 Å². The van der Waals surface area contributed by atoms with Crippen molar-refractivity contribution in [2.45, 2.75) is 39.0 Å². The summed E-state index contributed by atoms with van der Waals surface area (Å²) in [5.74, 6) is 0.123. The van der Waals surface area contributed by atoms with Crippen LogP contribution in [0.1, 0.15) is 39.0 Å². The van der Waals surface area contributed by atoms with Crippen molar-refractivity contribution in [2.75, 3.05) is 6.54 Å². The zero-order chi connectivity index (χ0) is 10.8. The Labute approximate surface area is 85.5 Å². The summed E-state index contributed by atoms with van der Waals surface area (Å²) in [5, 5.41) is 0. The molecule has 0 saturated heterocycles. The molecule has 0 aromatic heterocycles. The zero-order valence-corrected chi connectivity index (χ0v) is 8.87. The van der Waals surface area contributed by atoms with E-state index in [1.807, 2.05) is 0 Å². The highest BCUT2D eigenvalue weighted by atomic mass is 15.1. The van der Waals surface area contributed by atoms with Gasteiger partial charge in [0.2, 0.25) is 5.96 Å². The van der Waals surface area contributed by atoms with Gasteiger partial charge >= 0.3 is 0 Å². The van der Waals surface area contributed by atoms with E-state index in [4.69, 9.17) is 17.2 Å². The van der Waals surface area contributed by atoms with Gasteiger partial charge in [0.1, 0.15) is 0 Å². The van der Waals surface area contributed by atoms with Gasteiger partial charge in [-0.25, -0.2) is 0 Å². The van der Waals surface area contributed by atoms with E-state index in [9.17, 15) is 0 Å². The molecule has 0 aliphatic carbocycles. The summed E-state index contributed by atoms with van der Waals surface area (Å²) in [6.07, 6.45) is 6.02. The van der Waals surface area contributed by atoms with E-state index in [-0.39, 0.29) is 11.9 Å². The van der Waals surface area contributed by atoms with Crippen molar-refractivity contribution in [3.8, 4) is 0 Å². The van der Waals surface area contributed by atoms with Gasteiger partial charge in [-0.05, 0) is 6.42 Å². The predicted octanol–water partition coefficient (Wildman–Crippen LogP) is 0.545. The molecule has 0 spiro atoms. The molecule has 0 heterocycles. The molecule has 0 unspecified atom stereocenters. The van der Waals surface area contributed by atoms with Crippen molar-refractivity contribution in [1.82, 2.24) is 0 Å². The van der Waals surface area contributed by atoms with Crippen LogP contribution in [0, 0.1) is 0 Å². The minimum atomic E-state index is -0.0442. The molecule has 0 bridgehead atoms. The molecule has 14 heavy (non-hydrogen) atoms. The quantitative estimate of drug-likeness (QED) is 0.330. The van der Waals surface area contributed by atoms with Crippen molar-refractivity contribution in [3.05, 3.63) is 0 Å². The van der Waals surface area contributed by atoms with Crippen molar-refractivity contribution in [2.24, 2.45) is 27.2 Å². The summed E-state index contributed by atoms with van der Waals surface area (Å²) >= 11 is 0. The van der Waals surface area contributed by atoms with Crippen molar-refractivity contribution in [3.63, 3.8) is 0 Å². The Kier molecular flexibility index (Phi) is 7.59. The third-order valence-corrected chi connectivity index (χ3v) is 1.78. The van der Waals surface area contributed by atoms with Crippen molar-refractivity contribution >= 4 is 11.9 Å². The second-order valence-corrected chi connectivity index (χ2v) is 3.19. The molecular formula is C9H21N5. The van der Waals surface area contributed by atoms with Crippen LogP contribution in [0.5, 0.6) is 0 Å². The number of aliphatic imine (C=N–C) groups is 2. The highest BCUT2D eigenvalue weighted by Gasteiger charge is 1.90. The zero-order valence-electron chi connectivity index (χ0n) is 8.87. The number of guanidine groups is 2. The molecule has 82 valence electrons. The van der Waals surface area contributed by atoms with E-state index in [1.54, 1.807) is 0 Å². The Morgan fingerprint density at radius 3 is 2.21 bits per heavy atom. The maximum Gasteiger partial charge on any atom is 0.218 e. The number of unbranched alkanes of at least 4 members (excludes halogenated alkanes) is 4. The highest BCUT2D eigenvalue weighted by Crippen LogP contribution is 2.01. The average molecular weight is 199 g/mol. The molecule has 0 aromatic rings. The van der Waals surface area contributed by atoms with Crippen LogP contribution in [0.15, 0.2) is 9.98 Å². The van der Waals surface area contributed by atoms with E-state index in [1.165, 1.54) is 25.7 Å². The summed E-state index contributed by atoms with van der Waals surface area (Å²) in [6, 6.07) is 0. The summed E-state index contributed by atoms with van der Waals surface area (Å²) in [6.45, 7) is 2.89. The molecule has 0 radical (unpaired) electrons. The van der Waals surface area contributed by atoms with E-state index in [0.717, 1.165) is 6.42 Å². The lowest BCUT2D eigenvalue weighted by molar-refractivity contribution is 0.638. The molecule has 0 fully saturated rings. The lowest BCUT2D eigenvalue weighted by Gasteiger charge is -1.97. The molecule has 0 saturated carbocycles. The van der Waals surface area contributed by atoms with Gasteiger partial charge in [-0.1, -0.05) is 32.6 Å². The van der Waals surface area contributed by atoms with Gasteiger partial charge < -0.3 is 17.2 Å². The van der Waals surface area contributed by atoms with E-state index in [0.29, 0.717) is 6.54 Å². The highest BCUT2D eigenvalue weighted by molar-refractivity contribution is 5.92. The number of rotatable bonds is 6. The van der Waals surface area contributed by atoms with Crippen LogP contribution in [0.25, 0.3) is 0 Å². The Morgan fingerprint density at radius 2 is 1.64 bits per heavy atom. The largest absolute Gasteiger partial charge is 0.370 e. The fourth-order valence-corrected chi connectivity index (χ4v) is 1.08. The number of hydrogen-bond donors (Lipinski definition) is 3. The van der Waals surface area contributed by atoms with Gasteiger partial charge in [0.05, 0.1) is 0 Å². The summed E-state index contributed by atoms with van der Waals surface area (Å²) < 4.78 is 0. The van der Waals surface area contributed by atoms with Gasteiger partial charge in [-0.15, -0.1) is 0 Å². The first-order chi connectivity index (χ1) is 6.66. The molecule has 0 atom stereocenters. The minimum absolute atomic E-state index is 0.0442. The van der Waals surface area contributed by atoms with E-state index in [2.05, 4.69) is 16.9 Å². The SMILES string of the molecule is CCCCCCCN=C(N)N=C(N)N. The molecule has 0 aromatic carbocycles. The van der Waals surface area contributed by atoms with Crippen molar-refractivity contribution < 1.29 is 0 Å². The van der Waals surface area contributed by atoms with Crippen LogP contribution < -0.4 is 17.2 Å². The molecule has 6 N–H and O–H groups in total. The fraction of sp³-hybridized carbons (Fsp3) is 0.778. The van der Waals surface area contributed by atoms with Gasteiger partial charge in [0, 0.05) is 6.54 Å². The maximum absolute atomic E-state index is 5.42. The van der Waals surface area contributed by atoms with Crippen LogP contribution in [0.4, 0.5) is 0 Å². The average Bonchev–Trinajstić information content (AvgIpc) is 2.10. The third kappa shape index (κ3) is 8.83. The number of nitrogens with two attached hydrogens (primary N) is 3. The Bertz CT molecular complexity index is 193. The lowest BCUT2D eigenvalue weighted by Crippen LogP contribution is -2.26. The van der Waals surface area contributed by atoms with Crippen LogP contribution in [0.3, 0.4) is 0 Å². The minimum Gasteiger partial charge on any atom is -0.370 e. The summed E-state index contributed by atoms with van der Waals surface area (Å²) in [5.41, 5.74) is 15.7. The van der Waals surface area contributed by atoms with Crippen molar-refractivity contribution in [1.29, 1.82) is 0 Å². The molecule has 0 aliphatic heterocycles. The number of nitrogens with zero attached hydrogens (tertiary/aromatic N) is 2. The standard InChI is InChI=1S/C9H21N5/c1-2-3-4-5-6-7-13-9(12)14-8(10)11/h2-7H2,1H3,(H6,10,11,12,13,14). The first-order valence-corrected chi connectivity index (χ1v) is 5.06. The topological polar surface area (TPSA) is 103 Å². The molecule has 0 amide bonds. The third-order valence-electron chi connectivity index (χ3n) is 1.78. The summed E-state index contributed by atoms with van der Waals surface area (Å²) in [4.78, 5) is 7.62. The van der Waals surface area contributed by atoms with E-state index >= 15 is 0 Å². The smallest absolute Gasteiger partial charge is 0.218 e. The number of hydrogen-bond acceptors (Lipinski definition) is 1. The molecule has 0 aliphatic rings. The Balaban J connectivity index is 3.47. The maximum atomic E-state index is 5.42. The van der Waals surface area contributed by atoms with Crippen LogP contribution in [0.2, 0.25) is 0 Å². The van der Waals surface area contributed by atoms with Crippen LogP contribution >= 0.6 is 0 Å². The van der Waals surface area contributed by atoms with Gasteiger partial charge in [-0.3, -0.25) is 4.99 Å². The molecule has 5 heteroatoms. The second kappa shape index (κ2) is 8.34. The Morgan fingerprint density at radius 1 is 1.00 bits per heavy atom. The fourth-order valence-electron chi connectivity index (χ4n) is 1.08. The molecule has 5 nitrogen and oxygen atoms in total. The molecular weight excluding hydrogens is 178 g/mol. The first-order valence-electron chi connectivity index (χ1n) is 5.06. The van der Waals surface area contributed by atoms with Gasteiger partial charge in [-0.2, -0.15) is 4.99 Å². The second-order valence-electron chi connectivity index (χ2n) is 3.19. The van der Waals surface area contributed by atoms with Crippen LogP contribution in [-0.4, -0.2) is 18.5 Å². The monoisotopic (exact) mass is 199 g/mol. The van der Waals surface area contributed by atoms with Crippen LogP contribution in [-0.2, 0) is 0 Å². The predicted molar refractivity (Wildman–Crippen MR) is 61.1 cm³/mol. The molecule has 0 rings (SSSR count). The normalized spacial score (nSPS) is 11.4. The lowest BCUT2D eigenvalue weighted by atomic mass is 10.2. The van der Waals surface area contributed by atoms with Gasteiger partial charge in [0.25, 0.3) is 0 Å². The first kappa shape index (κ1) is 12.7. The van der Waals surface area contributed by atoms with Gasteiger partial charge in [0.15, 0.2) is 5.96 Å². The Hall–Kier alpha value is -1.26. The summed E-state index contributed by atoms with van der Waals surface area (Å²) in [7, 11) is 0.